The lowest BCUT2D eigenvalue weighted by atomic mass is 9.95. The van der Waals surface area contributed by atoms with Crippen LogP contribution in [0.25, 0.3) is 0 Å². The highest BCUT2D eigenvalue weighted by molar-refractivity contribution is 7.98. The van der Waals surface area contributed by atoms with Crippen LogP contribution in [0.15, 0.2) is 30.3 Å². The fourth-order valence-corrected chi connectivity index (χ4v) is 3.47. The van der Waals surface area contributed by atoms with E-state index in [1.807, 2.05) is 24.5 Å². The minimum absolute atomic E-state index is 0.111. The van der Waals surface area contributed by atoms with E-state index in [1.54, 1.807) is 28.8 Å². The summed E-state index contributed by atoms with van der Waals surface area (Å²) >= 11 is 1.62. The zero-order valence-electron chi connectivity index (χ0n) is 15.6. The largest absolute Gasteiger partial charge is 0.484 e. The van der Waals surface area contributed by atoms with Gasteiger partial charge in [-0.2, -0.15) is 11.8 Å². The van der Waals surface area contributed by atoms with Crippen molar-refractivity contribution in [3.05, 3.63) is 30.3 Å². The van der Waals surface area contributed by atoms with Crippen LogP contribution in [0.2, 0.25) is 0 Å². The number of nitrogens with one attached hydrogen (secondary N) is 1. The Balaban J connectivity index is 1.88. The highest BCUT2D eigenvalue weighted by Gasteiger charge is 2.30. The summed E-state index contributed by atoms with van der Waals surface area (Å²) in [6.07, 6.45) is 3.65. The maximum Gasteiger partial charge on any atom is 0.258 e. The van der Waals surface area contributed by atoms with Gasteiger partial charge in [-0.3, -0.25) is 14.4 Å². The molecule has 1 aliphatic heterocycles. The van der Waals surface area contributed by atoms with Gasteiger partial charge in [0.2, 0.25) is 11.8 Å². The van der Waals surface area contributed by atoms with E-state index in [0.717, 1.165) is 5.75 Å². The Morgan fingerprint density at radius 2 is 1.93 bits per heavy atom. The Morgan fingerprint density at radius 1 is 1.26 bits per heavy atom. The number of ether oxygens (including phenoxy) is 1. The Bertz CT molecular complexity index is 633. The van der Waals surface area contributed by atoms with Gasteiger partial charge in [0, 0.05) is 19.0 Å². The van der Waals surface area contributed by atoms with Gasteiger partial charge in [0.25, 0.3) is 5.91 Å². The van der Waals surface area contributed by atoms with Gasteiger partial charge in [0.15, 0.2) is 6.61 Å². The Labute approximate surface area is 164 Å². The number of hydrogen-bond acceptors (Lipinski definition) is 5. The quantitative estimate of drug-likeness (QED) is 0.652. The smallest absolute Gasteiger partial charge is 0.258 e. The molecule has 1 aromatic rings. The van der Waals surface area contributed by atoms with Crippen LogP contribution in [0.5, 0.6) is 5.75 Å². The minimum Gasteiger partial charge on any atom is -0.484 e. The van der Waals surface area contributed by atoms with Crippen molar-refractivity contribution in [2.45, 2.75) is 25.3 Å². The molecule has 1 fully saturated rings. The summed E-state index contributed by atoms with van der Waals surface area (Å²) in [7, 11) is 0. The molecule has 27 heavy (non-hydrogen) atoms. The van der Waals surface area contributed by atoms with E-state index in [9.17, 15) is 14.4 Å². The maximum absolute atomic E-state index is 12.8. The molecule has 0 aliphatic carbocycles. The van der Waals surface area contributed by atoms with Crippen molar-refractivity contribution in [2.24, 2.45) is 11.7 Å². The Hall–Kier alpha value is -2.22. The highest BCUT2D eigenvalue weighted by Crippen LogP contribution is 2.18. The fourth-order valence-electron chi connectivity index (χ4n) is 3.00. The van der Waals surface area contributed by atoms with Crippen LogP contribution in [-0.4, -0.2) is 60.4 Å². The third-order valence-corrected chi connectivity index (χ3v) is 5.21. The van der Waals surface area contributed by atoms with Crippen LogP contribution in [0.4, 0.5) is 0 Å². The number of thioether (sulfide) groups is 1. The molecule has 8 heteroatoms. The molecule has 1 atom stereocenters. The number of para-hydroxylation sites is 1. The summed E-state index contributed by atoms with van der Waals surface area (Å²) in [4.78, 5) is 38.1. The molecule has 3 N–H and O–H groups in total. The topological polar surface area (TPSA) is 102 Å². The molecule has 1 heterocycles. The lowest BCUT2D eigenvalue weighted by Crippen LogP contribution is -2.52. The third-order valence-electron chi connectivity index (χ3n) is 4.57. The minimum atomic E-state index is -0.588. The number of nitrogens with zero attached hydrogens (tertiary/aromatic N) is 1. The lowest BCUT2D eigenvalue weighted by Gasteiger charge is -2.33. The first-order valence-electron chi connectivity index (χ1n) is 9.05. The van der Waals surface area contributed by atoms with Crippen molar-refractivity contribution >= 4 is 29.5 Å². The van der Waals surface area contributed by atoms with E-state index in [2.05, 4.69) is 5.32 Å². The summed E-state index contributed by atoms with van der Waals surface area (Å²) < 4.78 is 5.45. The number of primary amides is 1. The monoisotopic (exact) mass is 393 g/mol. The molecule has 0 aromatic heterocycles. The molecule has 0 bridgehead atoms. The summed E-state index contributed by atoms with van der Waals surface area (Å²) in [5.74, 6) is 0.437. The molecule has 0 unspecified atom stereocenters. The second-order valence-corrected chi connectivity index (χ2v) is 7.49. The van der Waals surface area contributed by atoms with Crippen molar-refractivity contribution in [1.82, 2.24) is 10.2 Å². The van der Waals surface area contributed by atoms with Crippen LogP contribution in [0.3, 0.4) is 0 Å². The molecule has 1 aliphatic rings. The van der Waals surface area contributed by atoms with E-state index in [0.29, 0.717) is 38.1 Å². The van der Waals surface area contributed by atoms with Crippen molar-refractivity contribution in [3.63, 3.8) is 0 Å². The average Bonchev–Trinajstić information content (AvgIpc) is 2.70. The van der Waals surface area contributed by atoms with Gasteiger partial charge in [-0.1, -0.05) is 18.2 Å². The van der Waals surface area contributed by atoms with Crippen molar-refractivity contribution < 1.29 is 19.1 Å². The molecule has 7 nitrogen and oxygen atoms in total. The first kappa shape index (κ1) is 21.1. The number of rotatable bonds is 9. The highest BCUT2D eigenvalue weighted by atomic mass is 32.2. The molecule has 0 saturated carbocycles. The number of likely N-dealkylation sites (tertiary alicyclic amines) is 1. The lowest BCUT2D eigenvalue weighted by molar-refractivity contribution is -0.139. The molecule has 1 saturated heterocycles. The number of piperidine rings is 1. The number of amides is 3. The number of nitrogens with two attached hydrogens (primary N) is 1. The second kappa shape index (κ2) is 10.8. The predicted octanol–water partition coefficient (Wildman–Crippen LogP) is 1.03. The van der Waals surface area contributed by atoms with Crippen LogP contribution in [-0.2, 0) is 14.4 Å². The zero-order valence-corrected chi connectivity index (χ0v) is 16.4. The normalized spacial score (nSPS) is 15.8. The molecular weight excluding hydrogens is 366 g/mol. The van der Waals surface area contributed by atoms with E-state index in [-0.39, 0.29) is 30.2 Å². The number of carbonyl (C=O) groups excluding carboxylic acids is 3. The Kier molecular flexibility index (Phi) is 8.44. The number of benzene rings is 1. The van der Waals surface area contributed by atoms with Gasteiger partial charge in [0.05, 0.1) is 0 Å². The van der Waals surface area contributed by atoms with Crippen LogP contribution >= 0.6 is 11.8 Å². The van der Waals surface area contributed by atoms with E-state index >= 15 is 0 Å². The third kappa shape index (κ3) is 6.78. The maximum atomic E-state index is 12.8. The fraction of sp³-hybridized carbons (Fsp3) is 0.526. The van der Waals surface area contributed by atoms with Crippen LogP contribution in [0, 0.1) is 5.92 Å². The summed E-state index contributed by atoms with van der Waals surface area (Å²) in [6.45, 7) is 0.827. The van der Waals surface area contributed by atoms with Crippen molar-refractivity contribution in [2.75, 3.05) is 31.7 Å². The molecule has 0 spiro atoms. The number of carbonyl (C=O) groups is 3. The summed E-state index contributed by atoms with van der Waals surface area (Å²) in [6, 6.07) is 8.47. The second-order valence-electron chi connectivity index (χ2n) is 6.51. The van der Waals surface area contributed by atoms with Crippen molar-refractivity contribution in [1.29, 1.82) is 0 Å². The van der Waals surface area contributed by atoms with Gasteiger partial charge < -0.3 is 20.7 Å². The molecule has 2 rings (SSSR count). The summed E-state index contributed by atoms with van der Waals surface area (Å²) in [5, 5.41) is 2.79. The first-order valence-corrected chi connectivity index (χ1v) is 10.4. The SMILES string of the molecule is CSCC[C@@H](NC(=O)COc1ccccc1)C(=O)N1CCC(C(N)=O)CC1. The van der Waals surface area contributed by atoms with Gasteiger partial charge in [0.1, 0.15) is 11.8 Å². The average molecular weight is 394 g/mol. The van der Waals surface area contributed by atoms with E-state index in [1.165, 1.54) is 0 Å². The van der Waals surface area contributed by atoms with Gasteiger partial charge in [-0.05, 0) is 43.4 Å². The zero-order chi connectivity index (χ0) is 19.6. The number of hydrogen-bond donors (Lipinski definition) is 2. The predicted molar refractivity (Wildman–Crippen MR) is 105 cm³/mol. The van der Waals surface area contributed by atoms with Crippen molar-refractivity contribution in [3.8, 4) is 5.75 Å². The van der Waals surface area contributed by atoms with Crippen LogP contribution in [0.1, 0.15) is 19.3 Å². The molecule has 3 amide bonds. The summed E-state index contributed by atoms with van der Waals surface area (Å²) in [5.41, 5.74) is 5.35. The molecule has 0 radical (unpaired) electrons. The van der Waals surface area contributed by atoms with Gasteiger partial charge in [-0.15, -0.1) is 0 Å². The molecule has 148 valence electrons. The van der Waals surface area contributed by atoms with E-state index in [4.69, 9.17) is 10.5 Å². The first-order chi connectivity index (χ1) is 13.0. The van der Waals surface area contributed by atoms with E-state index < -0.39 is 6.04 Å². The molecule has 1 aromatic carbocycles. The standard InChI is InChI=1S/C19H27N3O4S/c1-27-12-9-16(19(25)22-10-7-14(8-11-22)18(20)24)21-17(23)13-26-15-5-3-2-4-6-15/h2-6,14,16H,7-13H2,1H3,(H2,20,24)(H,21,23)/t16-/m1/s1. The van der Waals surface area contributed by atoms with Crippen LogP contribution < -0.4 is 15.8 Å². The van der Waals surface area contributed by atoms with Gasteiger partial charge in [-0.25, -0.2) is 0 Å². The Morgan fingerprint density at radius 3 is 2.52 bits per heavy atom. The molecular formula is C19H27N3O4S. The van der Waals surface area contributed by atoms with Gasteiger partial charge >= 0.3 is 0 Å².